The fraction of sp³-hybridized carbons (Fsp3) is 0.769. The zero-order valence-corrected chi connectivity index (χ0v) is 17.3. The summed E-state index contributed by atoms with van der Waals surface area (Å²) in [5.41, 5.74) is 2.86. The zero-order chi connectivity index (χ0) is 17.9. The van der Waals surface area contributed by atoms with Crippen molar-refractivity contribution in [3.05, 3.63) is 35.4 Å². The second kappa shape index (κ2) is 15.3. The van der Waals surface area contributed by atoms with Gasteiger partial charge < -0.3 is 0 Å². The predicted molar refractivity (Wildman–Crippen MR) is 123 cm³/mol. The molecule has 0 saturated heterocycles. The van der Waals surface area contributed by atoms with E-state index in [2.05, 4.69) is 38.1 Å². The number of fused-ring (bicyclic) bond motifs is 5. The molecule has 0 aromatic heterocycles. The molecule has 3 fully saturated rings. The summed E-state index contributed by atoms with van der Waals surface area (Å²) >= 11 is 0. The minimum atomic E-state index is 0. The molecule has 0 heteroatoms. The largest absolute Gasteiger partial charge is 0.0776 e. The van der Waals surface area contributed by atoms with E-state index >= 15 is 0 Å². The first-order valence-corrected chi connectivity index (χ1v) is 10.9. The molecule has 0 nitrogen and oxygen atoms in total. The Morgan fingerprint density at radius 2 is 1.00 bits per heavy atom. The van der Waals surface area contributed by atoms with E-state index in [9.17, 15) is 0 Å². The standard InChI is InChI=1S/C10H16.C10H14.2C2H6.2CH4/c1-2-9-7-4-5-8(6-7)10(9)3-1;1-3-9-5-7-10(4-2)8-6-9;2*1-2;;/h7-10H,1-6H2;5-8H,3-4H2,1-2H3;2*1-2H3;2*1H4. The lowest BCUT2D eigenvalue weighted by molar-refractivity contribution is 0.259. The smallest absolute Gasteiger partial charge is 0.0307 e. The van der Waals surface area contributed by atoms with Gasteiger partial charge in [-0.05, 0) is 79.7 Å². The van der Waals surface area contributed by atoms with E-state index in [1.807, 2.05) is 27.7 Å². The van der Waals surface area contributed by atoms with Crippen molar-refractivity contribution in [3.8, 4) is 0 Å². The third-order valence-corrected chi connectivity index (χ3v) is 6.19. The van der Waals surface area contributed by atoms with Crippen molar-refractivity contribution in [2.24, 2.45) is 23.7 Å². The predicted octanol–water partition coefficient (Wildman–Crippen LogP) is 8.97. The molecule has 3 aliphatic carbocycles. The Bertz CT molecular complexity index is 377. The van der Waals surface area contributed by atoms with Gasteiger partial charge in [0.25, 0.3) is 0 Å². The highest BCUT2D eigenvalue weighted by molar-refractivity contribution is 5.22. The van der Waals surface area contributed by atoms with Crippen LogP contribution in [-0.2, 0) is 12.8 Å². The Balaban J connectivity index is 0. The Morgan fingerprint density at radius 1 is 0.654 bits per heavy atom. The van der Waals surface area contributed by atoms with Crippen LogP contribution in [0.3, 0.4) is 0 Å². The average molecular weight is 363 g/mol. The first-order valence-electron chi connectivity index (χ1n) is 10.9. The number of benzene rings is 1. The van der Waals surface area contributed by atoms with Crippen LogP contribution in [0.1, 0.15) is 106 Å². The van der Waals surface area contributed by atoms with Crippen LogP contribution in [-0.4, -0.2) is 0 Å². The Labute approximate surface area is 167 Å². The van der Waals surface area contributed by atoms with Crippen molar-refractivity contribution >= 4 is 0 Å². The summed E-state index contributed by atoms with van der Waals surface area (Å²) in [7, 11) is 0. The van der Waals surface area contributed by atoms with Gasteiger partial charge in [0, 0.05) is 0 Å². The average Bonchev–Trinajstić information content (AvgIpc) is 3.40. The summed E-state index contributed by atoms with van der Waals surface area (Å²) in [6, 6.07) is 8.83. The van der Waals surface area contributed by atoms with Gasteiger partial charge in [-0.1, -0.05) is 87.1 Å². The molecule has 4 rings (SSSR count). The van der Waals surface area contributed by atoms with E-state index in [1.165, 1.54) is 34.8 Å². The molecule has 0 N–H and O–H groups in total. The second-order valence-electron chi connectivity index (χ2n) is 7.12. The maximum Gasteiger partial charge on any atom is -0.0307 e. The summed E-state index contributed by atoms with van der Waals surface area (Å²) in [5, 5.41) is 0. The van der Waals surface area contributed by atoms with Crippen molar-refractivity contribution in [2.45, 2.75) is 108 Å². The van der Waals surface area contributed by atoms with E-state index < -0.39 is 0 Å². The van der Waals surface area contributed by atoms with Crippen molar-refractivity contribution in [2.75, 3.05) is 0 Å². The molecule has 0 heterocycles. The summed E-state index contributed by atoms with van der Waals surface area (Å²) in [5.74, 6) is 4.80. The van der Waals surface area contributed by atoms with Gasteiger partial charge in [0.2, 0.25) is 0 Å². The fourth-order valence-electron chi connectivity index (χ4n) is 5.03. The fourth-order valence-corrected chi connectivity index (χ4v) is 5.03. The van der Waals surface area contributed by atoms with Gasteiger partial charge in [-0.2, -0.15) is 0 Å². The number of hydrogen-bond acceptors (Lipinski definition) is 0. The van der Waals surface area contributed by atoms with Gasteiger partial charge in [-0.25, -0.2) is 0 Å². The summed E-state index contributed by atoms with van der Waals surface area (Å²) in [6.07, 6.45) is 11.8. The molecule has 4 atom stereocenters. The third kappa shape index (κ3) is 7.09. The van der Waals surface area contributed by atoms with Crippen LogP contribution in [0.15, 0.2) is 24.3 Å². The molecular weight excluding hydrogens is 312 g/mol. The van der Waals surface area contributed by atoms with Crippen LogP contribution >= 0.6 is 0 Å². The molecular formula is C26H50. The molecule has 1 aromatic rings. The Hall–Kier alpha value is -0.780. The highest BCUT2D eigenvalue weighted by Gasteiger charge is 2.48. The summed E-state index contributed by atoms with van der Waals surface area (Å²) in [4.78, 5) is 0. The van der Waals surface area contributed by atoms with Crippen LogP contribution in [0.2, 0.25) is 0 Å². The lowest BCUT2D eigenvalue weighted by Gasteiger charge is -2.23. The molecule has 0 aliphatic heterocycles. The monoisotopic (exact) mass is 362 g/mol. The van der Waals surface area contributed by atoms with E-state index in [4.69, 9.17) is 0 Å². The minimum Gasteiger partial charge on any atom is -0.0776 e. The van der Waals surface area contributed by atoms with Gasteiger partial charge in [0.15, 0.2) is 0 Å². The van der Waals surface area contributed by atoms with Crippen molar-refractivity contribution < 1.29 is 0 Å². The SMILES string of the molecule is C.C.C1CC2C3CCC(C3)C2C1.CC.CC.CCc1ccc(CC)cc1. The number of rotatable bonds is 2. The second-order valence-corrected chi connectivity index (χ2v) is 7.12. The molecule has 0 spiro atoms. The van der Waals surface area contributed by atoms with Gasteiger partial charge in [-0.3, -0.25) is 0 Å². The van der Waals surface area contributed by atoms with Gasteiger partial charge in [-0.15, -0.1) is 0 Å². The first kappa shape index (κ1) is 27.4. The number of hydrogen-bond donors (Lipinski definition) is 0. The van der Waals surface area contributed by atoms with Gasteiger partial charge >= 0.3 is 0 Å². The number of aryl methyl sites for hydroxylation is 2. The van der Waals surface area contributed by atoms with Gasteiger partial charge in [0.1, 0.15) is 0 Å². The molecule has 26 heavy (non-hydrogen) atoms. The maximum atomic E-state index is 2.21. The summed E-state index contributed by atoms with van der Waals surface area (Å²) < 4.78 is 0. The Kier molecular flexibility index (Phi) is 16.1. The Morgan fingerprint density at radius 3 is 1.31 bits per heavy atom. The van der Waals surface area contributed by atoms with Crippen LogP contribution in [0.4, 0.5) is 0 Å². The quantitative estimate of drug-likeness (QED) is 0.492. The first-order chi connectivity index (χ1) is 11.8. The van der Waals surface area contributed by atoms with E-state index in [-0.39, 0.29) is 14.9 Å². The van der Waals surface area contributed by atoms with E-state index in [0.717, 1.165) is 12.8 Å². The van der Waals surface area contributed by atoms with Crippen molar-refractivity contribution in [3.63, 3.8) is 0 Å². The molecule has 2 bridgehead atoms. The zero-order valence-electron chi connectivity index (χ0n) is 17.3. The van der Waals surface area contributed by atoms with Gasteiger partial charge in [0.05, 0.1) is 0 Å². The van der Waals surface area contributed by atoms with Crippen LogP contribution in [0, 0.1) is 23.7 Å². The lowest BCUT2D eigenvalue weighted by Crippen LogP contribution is -2.15. The van der Waals surface area contributed by atoms with E-state index in [1.54, 1.807) is 38.5 Å². The molecule has 3 saturated carbocycles. The molecule has 4 unspecified atom stereocenters. The van der Waals surface area contributed by atoms with Crippen molar-refractivity contribution in [1.82, 2.24) is 0 Å². The van der Waals surface area contributed by atoms with Crippen molar-refractivity contribution in [1.29, 1.82) is 0 Å². The third-order valence-electron chi connectivity index (χ3n) is 6.19. The lowest BCUT2D eigenvalue weighted by atomic mass is 9.82. The van der Waals surface area contributed by atoms with E-state index in [0.29, 0.717) is 0 Å². The van der Waals surface area contributed by atoms with Crippen LogP contribution < -0.4 is 0 Å². The molecule has 0 amide bonds. The molecule has 3 aliphatic rings. The molecule has 1 aromatic carbocycles. The normalized spacial score (nSPS) is 26.4. The topological polar surface area (TPSA) is 0 Å². The highest BCUT2D eigenvalue weighted by atomic mass is 14.5. The minimum absolute atomic E-state index is 0. The molecule has 154 valence electrons. The van der Waals surface area contributed by atoms with Crippen LogP contribution in [0.5, 0.6) is 0 Å². The van der Waals surface area contributed by atoms with Crippen LogP contribution in [0.25, 0.3) is 0 Å². The summed E-state index contributed by atoms with van der Waals surface area (Å²) in [6.45, 7) is 12.4. The molecule has 0 radical (unpaired) electrons. The maximum absolute atomic E-state index is 2.21. The highest BCUT2D eigenvalue weighted by Crippen LogP contribution is 2.58.